The quantitative estimate of drug-likeness (QED) is 0.698. The molecule has 4 rings (SSSR count). The summed E-state index contributed by atoms with van der Waals surface area (Å²) in [6, 6.07) is 8.71. The van der Waals surface area contributed by atoms with Crippen LogP contribution in [0, 0.1) is 0 Å². The molecule has 0 saturated carbocycles. The van der Waals surface area contributed by atoms with Gasteiger partial charge < -0.3 is 9.52 Å². The molecule has 2 heterocycles. The summed E-state index contributed by atoms with van der Waals surface area (Å²) in [6.07, 6.45) is 6.40. The average molecular weight is 293 g/mol. The molecule has 1 aromatic carbocycles. The Morgan fingerprint density at radius 2 is 1.91 bits per heavy atom. The van der Waals surface area contributed by atoms with Crippen LogP contribution in [0.1, 0.15) is 24.1 Å². The van der Waals surface area contributed by atoms with E-state index in [2.05, 4.69) is 11.1 Å². The number of hydrogen-bond donors (Lipinski definition) is 1. The molecule has 4 nitrogen and oxygen atoms in total. The maximum atomic E-state index is 11.4. The van der Waals surface area contributed by atoms with Gasteiger partial charge in [0.1, 0.15) is 11.3 Å². The zero-order valence-electron chi connectivity index (χ0n) is 12.0. The number of benzene rings is 1. The maximum absolute atomic E-state index is 11.4. The normalized spacial score (nSPS) is 14.0. The van der Waals surface area contributed by atoms with Crippen LogP contribution in [0.3, 0.4) is 0 Å². The van der Waals surface area contributed by atoms with E-state index in [0.717, 1.165) is 30.0 Å². The molecule has 1 aliphatic carbocycles. The van der Waals surface area contributed by atoms with Crippen molar-refractivity contribution in [2.45, 2.75) is 25.7 Å². The van der Waals surface area contributed by atoms with E-state index in [1.54, 1.807) is 12.1 Å². The van der Waals surface area contributed by atoms with Crippen molar-refractivity contribution >= 4 is 11.0 Å². The first-order chi connectivity index (χ1) is 10.7. The van der Waals surface area contributed by atoms with Crippen molar-refractivity contribution in [3.63, 3.8) is 0 Å². The summed E-state index contributed by atoms with van der Waals surface area (Å²) in [5.41, 5.74) is 4.28. The highest BCUT2D eigenvalue weighted by Gasteiger charge is 2.12. The Hall–Kier alpha value is -2.62. The molecular formula is C18H15NO3. The topological polar surface area (TPSA) is 63.3 Å². The fourth-order valence-electron chi connectivity index (χ4n) is 3.07. The third-order valence-electron chi connectivity index (χ3n) is 4.23. The fourth-order valence-corrected chi connectivity index (χ4v) is 3.07. The van der Waals surface area contributed by atoms with Crippen LogP contribution in [-0.2, 0) is 12.8 Å². The summed E-state index contributed by atoms with van der Waals surface area (Å²) >= 11 is 0. The van der Waals surface area contributed by atoms with Crippen molar-refractivity contribution in [2.75, 3.05) is 0 Å². The summed E-state index contributed by atoms with van der Waals surface area (Å²) in [4.78, 5) is 16.0. The molecule has 0 fully saturated rings. The Morgan fingerprint density at radius 1 is 1.05 bits per heavy atom. The van der Waals surface area contributed by atoms with Crippen molar-refractivity contribution in [3.05, 3.63) is 58.2 Å². The molecule has 110 valence electrons. The van der Waals surface area contributed by atoms with Gasteiger partial charge in [0.15, 0.2) is 0 Å². The third kappa shape index (κ3) is 2.17. The number of aryl methyl sites for hydroxylation is 2. The number of fused-ring (bicyclic) bond motifs is 2. The standard InChI is InChI=1S/C18H15NO3/c20-16-9-18(21)22-17-8-11(5-6-14(16)17)13-7-12-3-1-2-4-15(12)19-10-13/h5-10,20H,1-4H2. The smallest absolute Gasteiger partial charge is 0.339 e. The summed E-state index contributed by atoms with van der Waals surface area (Å²) in [5, 5.41) is 10.3. The lowest BCUT2D eigenvalue weighted by Crippen LogP contribution is -2.05. The highest BCUT2D eigenvalue weighted by atomic mass is 16.4. The number of hydrogen-bond acceptors (Lipinski definition) is 4. The molecule has 0 atom stereocenters. The fraction of sp³-hybridized carbons (Fsp3) is 0.222. The van der Waals surface area contributed by atoms with E-state index in [-0.39, 0.29) is 5.75 Å². The molecule has 1 aliphatic rings. The summed E-state index contributed by atoms with van der Waals surface area (Å²) in [6.45, 7) is 0. The van der Waals surface area contributed by atoms with Crippen molar-refractivity contribution in [1.29, 1.82) is 0 Å². The first-order valence-corrected chi connectivity index (χ1v) is 7.46. The molecule has 3 aromatic rings. The van der Waals surface area contributed by atoms with Crippen molar-refractivity contribution < 1.29 is 9.52 Å². The number of rotatable bonds is 1. The first kappa shape index (κ1) is 13.1. The van der Waals surface area contributed by atoms with Crippen LogP contribution in [0.2, 0.25) is 0 Å². The molecule has 0 unspecified atom stereocenters. The first-order valence-electron chi connectivity index (χ1n) is 7.46. The van der Waals surface area contributed by atoms with Gasteiger partial charge in [-0.3, -0.25) is 4.98 Å². The highest BCUT2D eigenvalue weighted by Crippen LogP contribution is 2.30. The van der Waals surface area contributed by atoms with Crippen LogP contribution in [0.5, 0.6) is 5.75 Å². The van der Waals surface area contributed by atoms with Gasteiger partial charge in [-0.25, -0.2) is 4.79 Å². The van der Waals surface area contributed by atoms with E-state index in [4.69, 9.17) is 4.42 Å². The Balaban J connectivity index is 1.85. The monoisotopic (exact) mass is 293 g/mol. The zero-order valence-corrected chi connectivity index (χ0v) is 12.0. The molecule has 0 aliphatic heterocycles. The number of nitrogens with zero attached hydrogens (tertiary/aromatic N) is 1. The molecule has 0 radical (unpaired) electrons. The Kier molecular flexibility index (Phi) is 2.96. The van der Waals surface area contributed by atoms with Crippen molar-refractivity contribution in [3.8, 4) is 16.9 Å². The molecular weight excluding hydrogens is 278 g/mol. The van der Waals surface area contributed by atoms with Gasteiger partial charge in [0, 0.05) is 17.5 Å². The van der Waals surface area contributed by atoms with E-state index in [0.29, 0.717) is 11.0 Å². The molecule has 0 spiro atoms. The molecule has 2 aromatic heterocycles. The molecule has 1 N–H and O–H groups in total. The van der Waals surface area contributed by atoms with Gasteiger partial charge in [0.2, 0.25) is 0 Å². The van der Waals surface area contributed by atoms with Gasteiger partial charge in [-0.1, -0.05) is 6.07 Å². The van der Waals surface area contributed by atoms with Crippen LogP contribution in [-0.4, -0.2) is 10.1 Å². The lowest BCUT2D eigenvalue weighted by atomic mass is 9.93. The minimum absolute atomic E-state index is 0.0543. The molecule has 0 saturated heterocycles. The lowest BCUT2D eigenvalue weighted by Gasteiger charge is -2.15. The van der Waals surface area contributed by atoms with Gasteiger partial charge in [0.05, 0.1) is 11.5 Å². The predicted octanol–water partition coefficient (Wildman–Crippen LogP) is 3.44. The number of pyridine rings is 1. The highest BCUT2D eigenvalue weighted by molar-refractivity contribution is 5.87. The minimum Gasteiger partial charge on any atom is -0.507 e. The summed E-state index contributed by atoms with van der Waals surface area (Å²) in [5.74, 6) is -0.0543. The largest absolute Gasteiger partial charge is 0.507 e. The van der Waals surface area contributed by atoms with Crippen LogP contribution in [0.4, 0.5) is 0 Å². The predicted molar refractivity (Wildman–Crippen MR) is 84.0 cm³/mol. The zero-order chi connectivity index (χ0) is 15.1. The van der Waals surface area contributed by atoms with Gasteiger partial charge in [-0.15, -0.1) is 0 Å². The Morgan fingerprint density at radius 3 is 2.82 bits per heavy atom. The van der Waals surface area contributed by atoms with E-state index >= 15 is 0 Å². The molecule has 0 amide bonds. The van der Waals surface area contributed by atoms with Gasteiger partial charge >= 0.3 is 5.63 Å². The maximum Gasteiger partial charge on any atom is 0.339 e. The van der Waals surface area contributed by atoms with Crippen molar-refractivity contribution in [2.24, 2.45) is 0 Å². The van der Waals surface area contributed by atoms with Gasteiger partial charge in [-0.05, 0) is 55.0 Å². The molecule has 0 bridgehead atoms. The molecule has 4 heteroatoms. The minimum atomic E-state index is -0.550. The summed E-state index contributed by atoms with van der Waals surface area (Å²) < 4.78 is 5.18. The van der Waals surface area contributed by atoms with E-state index in [1.807, 2.05) is 12.3 Å². The average Bonchev–Trinajstić information content (AvgIpc) is 2.53. The Labute approximate surface area is 127 Å². The number of aromatic nitrogens is 1. The summed E-state index contributed by atoms with van der Waals surface area (Å²) in [7, 11) is 0. The second-order valence-corrected chi connectivity index (χ2v) is 5.70. The van der Waals surface area contributed by atoms with Crippen LogP contribution in [0.15, 0.2) is 45.7 Å². The van der Waals surface area contributed by atoms with Crippen LogP contribution >= 0.6 is 0 Å². The molecule has 22 heavy (non-hydrogen) atoms. The van der Waals surface area contributed by atoms with Crippen LogP contribution < -0.4 is 5.63 Å². The van der Waals surface area contributed by atoms with Crippen molar-refractivity contribution in [1.82, 2.24) is 4.98 Å². The third-order valence-corrected chi connectivity index (χ3v) is 4.23. The SMILES string of the molecule is O=c1cc(O)c2ccc(-c3cnc4c(c3)CCCC4)cc2o1. The van der Waals surface area contributed by atoms with E-state index in [1.165, 1.54) is 24.1 Å². The second kappa shape index (κ2) is 4.98. The number of aromatic hydroxyl groups is 1. The van der Waals surface area contributed by atoms with E-state index < -0.39 is 5.63 Å². The second-order valence-electron chi connectivity index (χ2n) is 5.70. The Bertz CT molecular complexity index is 927. The van der Waals surface area contributed by atoms with Gasteiger partial charge in [-0.2, -0.15) is 0 Å². The van der Waals surface area contributed by atoms with E-state index in [9.17, 15) is 9.90 Å². The van der Waals surface area contributed by atoms with Gasteiger partial charge in [0.25, 0.3) is 0 Å². The van der Waals surface area contributed by atoms with Crippen LogP contribution in [0.25, 0.3) is 22.1 Å². The lowest BCUT2D eigenvalue weighted by molar-refractivity contribution is 0.468.